The topological polar surface area (TPSA) is 55.9 Å². The van der Waals surface area contributed by atoms with E-state index < -0.39 is 0 Å². The van der Waals surface area contributed by atoms with Crippen LogP contribution in [-0.2, 0) is 7.05 Å². The summed E-state index contributed by atoms with van der Waals surface area (Å²) in [5.74, 6) is 2.51. The Hall–Kier alpha value is -1.19. The van der Waals surface area contributed by atoms with Crippen LogP contribution in [-0.4, -0.2) is 16.3 Å². The quantitative estimate of drug-likeness (QED) is 0.731. The molecule has 4 nitrogen and oxygen atoms in total. The van der Waals surface area contributed by atoms with Gasteiger partial charge in [-0.15, -0.1) is 0 Å². The van der Waals surface area contributed by atoms with Gasteiger partial charge in [-0.05, 0) is 18.3 Å². The lowest BCUT2D eigenvalue weighted by molar-refractivity contribution is 0.753. The number of nitrogen functional groups attached to an aromatic ring is 1. The summed E-state index contributed by atoms with van der Waals surface area (Å²) >= 11 is 0. The van der Waals surface area contributed by atoms with Gasteiger partial charge in [-0.3, -0.25) is 4.68 Å². The van der Waals surface area contributed by atoms with Gasteiger partial charge < -0.3 is 11.1 Å². The lowest BCUT2D eigenvalue weighted by Gasteiger charge is -2.01. The van der Waals surface area contributed by atoms with Crippen LogP contribution in [0.2, 0.25) is 0 Å². The molecule has 0 radical (unpaired) electrons. The predicted molar refractivity (Wildman–Crippen MR) is 53.4 cm³/mol. The molecule has 1 aromatic rings. The number of aromatic nitrogens is 2. The highest BCUT2D eigenvalue weighted by Gasteiger charge is 2.32. The highest BCUT2D eigenvalue weighted by atomic mass is 15.3. The van der Waals surface area contributed by atoms with E-state index >= 15 is 0 Å². The average molecular weight is 180 g/mol. The van der Waals surface area contributed by atoms with Crippen molar-refractivity contribution in [3.05, 3.63) is 6.20 Å². The molecule has 1 fully saturated rings. The molecular weight excluding hydrogens is 164 g/mol. The molecule has 0 amide bonds. The summed E-state index contributed by atoms with van der Waals surface area (Å²) in [7, 11) is 1.88. The fourth-order valence-electron chi connectivity index (χ4n) is 1.56. The highest BCUT2D eigenvalue weighted by Crippen LogP contribution is 2.37. The van der Waals surface area contributed by atoms with Crippen molar-refractivity contribution in [3.8, 4) is 0 Å². The number of nitrogens with zero attached hydrogens (tertiary/aromatic N) is 2. The van der Waals surface area contributed by atoms with E-state index in [0.29, 0.717) is 0 Å². The molecule has 0 bridgehead atoms. The highest BCUT2D eigenvalue weighted by molar-refractivity contribution is 5.59. The third kappa shape index (κ3) is 1.76. The molecule has 1 aliphatic carbocycles. The number of hydrogen-bond donors (Lipinski definition) is 2. The number of hydrogen-bond acceptors (Lipinski definition) is 3. The molecular formula is C9H16N4. The normalized spacial score (nSPS) is 26.0. The molecule has 2 unspecified atom stereocenters. The van der Waals surface area contributed by atoms with Crippen LogP contribution in [0.3, 0.4) is 0 Å². The zero-order chi connectivity index (χ0) is 9.42. The van der Waals surface area contributed by atoms with Crippen molar-refractivity contribution >= 4 is 11.5 Å². The van der Waals surface area contributed by atoms with Gasteiger partial charge in [0.05, 0.1) is 5.69 Å². The largest absolute Gasteiger partial charge is 0.394 e. The Labute approximate surface area is 78.1 Å². The van der Waals surface area contributed by atoms with Crippen LogP contribution >= 0.6 is 0 Å². The summed E-state index contributed by atoms with van der Waals surface area (Å²) < 4.78 is 1.73. The monoisotopic (exact) mass is 180 g/mol. The maximum absolute atomic E-state index is 5.74. The van der Waals surface area contributed by atoms with Crippen molar-refractivity contribution in [1.82, 2.24) is 9.78 Å². The van der Waals surface area contributed by atoms with Crippen molar-refractivity contribution in [3.63, 3.8) is 0 Å². The Morgan fingerprint density at radius 1 is 1.77 bits per heavy atom. The van der Waals surface area contributed by atoms with E-state index in [1.807, 2.05) is 13.2 Å². The summed E-state index contributed by atoms with van der Waals surface area (Å²) in [4.78, 5) is 0. The molecule has 3 N–H and O–H groups in total. The maximum atomic E-state index is 5.74. The molecule has 4 heteroatoms. The van der Waals surface area contributed by atoms with E-state index in [9.17, 15) is 0 Å². The number of nitrogens with one attached hydrogen (secondary N) is 1. The first kappa shape index (κ1) is 8.41. The average Bonchev–Trinajstić information content (AvgIpc) is 2.65. The SMILES string of the molecule is CC1CC1CNc1nn(C)cc1N. The Morgan fingerprint density at radius 3 is 2.92 bits per heavy atom. The summed E-state index contributed by atoms with van der Waals surface area (Å²) in [6.45, 7) is 3.27. The van der Waals surface area contributed by atoms with Gasteiger partial charge in [0.25, 0.3) is 0 Å². The fourth-order valence-corrected chi connectivity index (χ4v) is 1.56. The van der Waals surface area contributed by atoms with Gasteiger partial charge in [0, 0.05) is 19.8 Å². The second-order valence-corrected chi connectivity index (χ2v) is 3.96. The molecule has 0 aliphatic heterocycles. The minimum absolute atomic E-state index is 0.732. The Bertz CT molecular complexity index is 305. The molecule has 0 saturated heterocycles. The van der Waals surface area contributed by atoms with Gasteiger partial charge in [0.2, 0.25) is 0 Å². The molecule has 1 heterocycles. The van der Waals surface area contributed by atoms with Crippen molar-refractivity contribution in [2.75, 3.05) is 17.6 Å². The van der Waals surface area contributed by atoms with E-state index in [1.165, 1.54) is 6.42 Å². The van der Waals surface area contributed by atoms with Crippen molar-refractivity contribution < 1.29 is 0 Å². The van der Waals surface area contributed by atoms with Crippen molar-refractivity contribution in [2.24, 2.45) is 18.9 Å². The molecule has 1 saturated carbocycles. The molecule has 2 atom stereocenters. The molecule has 2 rings (SSSR count). The van der Waals surface area contributed by atoms with E-state index in [1.54, 1.807) is 4.68 Å². The lowest BCUT2D eigenvalue weighted by atomic mass is 10.3. The molecule has 13 heavy (non-hydrogen) atoms. The first-order chi connectivity index (χ1) is 6.16. The van der Waals surface area contributed by atoms with Gasteiger partial charge in [0.1, 0.15) is 0 Å². The Morgan fingerprint density at radius 2 is 2.46 bits per heavy atom. The van der Waals surface area contributed by atoms with Crippen LogP contribution in [0.25, 0.3) is 0 Å². The molecule has 0 spiro atoms. The van der Waals surface area contributed by atoms with Crippen molar-refractivity contribution in [1.29, 1.82) is 0 Å². The van der Waals surface area contributed by atoms with Gasteiger partial charge in [0.15, 0.2) is 5.82 Å². The third-order valence-electron chi connectivity index (χ3n) is 2.66. The number of aryl methyl sites for hydroxylation is 1. The summed E-state index contributed by atoms with van der Waals surface area (Å²) in [5, 5.41) is 7.48. The second-order valence-electron chi connectivity index (χ2n) is 3.96. The van der Waals surface area contributed by atoms with Crippen LogP contribution in [0, 0.1) is 11.8 Å². The smallest absolute Gasteiger partial charge is 0.171 e. The third-order valence-corrected chi connectivity index (χ3v) is 2.66. The van der Waals surface area contributed by atoms with Crippen molar-refractivity contribution in [2.45, 2.75) is 13.3 Å². The molecule has 72 valence electrons. The van der Waals surface area contributed by atoms with Gasteiger partial charge in [-0.2, -0.15) is 5.10 Å². The first-order valence-corrected chi connectivity index (χ1v) is 4.70. The number of nitrogens with two attached hydrogens (primary N) is 1. The Kier molecular flexibility index (Phi) is 1.90. The van der Waals surface area contributed by atoms with Crippen LogP contribution in [0.1, 0.15) is 13.3 Å². The van der Waals surface area contributed by atoms with Crippen LogP contribution < -0.4 is 11.1 Å². The Balaban J connectivity index is 1.90. The lowest BCUT2D eigenvalue weighted by Crippen LogP contribution is -2.06. The van der Waals surface area contributed by atoms with E-state index in [2.05, 4.69) is 17.3 Å². The standard InChI is InChI=1S/C9H16N4/c1-6-3-7(6)4-11-9-8(10)5-13(2)12-9/h5-7H,3-4,10H2,1-2H3,(H,11,12). The zero-order valence-corrected chi connectivity index (χ0v) is 8.12. The van der Waals surface area contributed by atoms with Crippen LogP contribution in [0.15, 0.2) is 6.20 Å². The predicted octanol–water partition coefficient (Wildman–Crippen LogP) is 1.07. The van der Waals surface area contributed by atoms with Gasteiger partial charge >= 0.3 is 0 Å². The van der Waals surface area contributed by atoms with Gasteiger partial charge in [-0.25, -0.2) is 0 Å². The maximum Gasteiger partial charge on any atom is 0.171 e. The van der Waals surface area contributed by atoms with E-state index in [0.717, 1.165) is 29.9 Å². The minimum atomic E-state index is 0.732. The van der Waals surface area contributed by atoms with E-state index in [4.69, 9.17) is 5.73 Å². The van der Waals surface area contributed by atoms with Crippen LogP contribution in [0.4, 0.5) is 11.5 Å². The molecule has 1 aliphatic rings. The number of anilines is 2. The number of rotatable bonds is 3. The summed E-state index contributed by atoms with van der Waals surface area (Å²) in [6, 6.07) is 0. The van der Waals surface area contributed by atoms with Crippen LogP contribution in [0.5, 0.6) is 0 Å². The molecule has 1 aromatic heterocycles. The second kappa shape index (κ2) is 2.94. The summed E-state index contributed by atoms with van der Waals surface area (Å²) in [6.07, 6.45) is 3.15. The fraction of sp³-hybridized carbons (Fsp3) is 0.667. The zero-order valence-electron chi connectivity index (χ0n) is 8.12. The van der Waals surface area contributed by atoms with Gasteiger partial charge in [-0.1, -0.05) is 6.92 Å². The summed E-state index contributed by atoms with van der Waals surface area (Å²) in [5.41, 5.74) is 6.47. The van der Waals surface area contributed by atoms with E-state index in [-0.39, 0.29) is 0 Å². The first-order valence-electron chi connectivity index (χ1n) is 4.70. The minimum Gasteiger partial charge on any atom is -0.394 e. The molecule has 0 aromatic carbocycles.